The fourth-order valence-electron chi connectivity index (χ4n) is 1.81. The van der Waals surface area contributed by atoms with Crippen LogP contribution in [0.5, 0.6) is 0 Å². The molecule has 0 bridgehead atoms. The molecule has 1 heterocycles. The highest BCUT2D eigenvalue weighted by Gasteiger charge is 2.40. The van der Waals surface area contributed by atoms with Crippen LogP contribution in [0.3, 0.4) is 0 Å². The first-order valence-electron chi connectivity index (χ1n) is 7.34. The van der Waals surface area contributed by atoms with Crippen molar-refractivity contribution < 1.29 is 18.2 Å². The predicted molar refractivity (Wildman–Crippen MR) is 83.3 cm³/mol. The van der Waals surface area contributed by atoms with Gasteiger partial charge in [0.1, 0.15) is 6.10 Å². The molecule has 0 unspecified atom stereocenters. The lowest BCUT2D eigenvalue weighted by Gasteiger charge is -2.27. The summed E-state index contributed by atoms with van der Waals surface area (Å²) >= 11 is 0. The molecule has 1 fully saturated rings. The molecule has 1 saturated heterocycles. The first kappa shape index (κ1) is 19.0. The van der Waals surface area contributed by atoms with Gasteiger partial charge in [0, 0.05) is 13.0 Å². The van der Waals surface area contributed by atoms with Crippen LogP contribution in [0.4, 0.5) is 0 Å². The molecule has 1 aliphatic heterocycles. The van der Waals surface area contributed by atoms with Gasteiger partial charge in [0.2, 0.25) is 15.3 Å². The van der Waals surface area contributed by atoms with Gasteiger partial charge in [0.15, 0.2) is 0 Å². The fraction of sp³-hybridized carbons (Fsp3) is 1.00. The maximum Gasteiger partial charge on any atom is 0.233 e. The van der Waals surface area contributed by atoms with E-state index in [0.29, 0.717) is 17.9 Å². The Labute approximate surface area is 133 Å². The van der Waals surface area contributed by atoms with Crippen LogP contribution in [0.15, 0.2) is 5.28 Å². The summed E-state index contributed by atoms with van der Waals surface area (Å²) in [6, 6.07) is 0. The van der Waals surface area contributed by atoms with Crippen molar-refractivity contribution in [3.8, 4) is 0 Å². The summed E-state index contributed by atoms with van der Waals surface area (Å²) in [7, 11) is -1.76. The van der Waals surface area contributed by atoms with Gasteiger partial charge < -0.3 is 10.0 Å². The van der Waals surface area contributed by atoms with Gasteiger partial charge in [0.05, 0.1) is 28.8 Å². The fourth-order valence-corrected chi connectivity index (χ4v) is 3.29. The highest BCUT2D eigenvalue weighted by molar-refractivity contribution is 7.90. The zero-order valence-electron chi connectivity index (χ0n) is 14.5. The minimum absolute atomic E-state index is 0.218. The van der Waals surface area contributed by atoms with Gasteiger partial charge in [-0.2, -0.15) is 4.31 Å². The molecule has 0 saturated carbocycles. The number of sulfonamides is 1. The van der Waals surface area contributed by atoms with Crippen molar-refractivity contribution in [2.45, 2.75) is 64.4 Å². The SMILES string of the molecule is CN(/[N+]([O-])=N\O[C@@H]1CCN(S(=O)(=O)C(C)(C)C)C1)C(C)(C)C. The first-order chi connectivity index (χ1) is 9.76. The molecule has 0 spiro atoms. The van der Waals surface area contributed by atoms with E-state index >= 15 is 0 Å². The van der Waals surface area contributed by atoms with Gasteiger partial charge in [0.25, 0.3) is 0 Å². The molecule has 130 valence electrons. The van der Waals surface area contributed by atoms with Gasteiger partial charge in [-0.3, -0.25) is 0 Å². The first-order valence-corrected chi connectivity index (χ1v) is 8.78. The maximum absolute atomic E-state index is 12.3. The highest BCUT2D eigenvalue weighted by atomic mass is 32.2. The number of hydrogen-bond acceptors (Lipinski definition) is 5. The molecule has 0 aromatic carbocycles. The third kappa shape index (κ3) is 4.22. The molecule has 1 rings (SSSR count). The second kappa shape index (κ2) is 6.19. The number of hydrazine groups is 1. The van der Waals surface area contributed by atoms with Crippen molar-refractivity contribution in [2.75, 3.05) is 20.1 Å². The van der Waals surface area contributed by atoms with Crippen molar-refractivity contribution in [1.82, 2.24) is 9.31 Å². The van der Waals surface area contributed by atoms with Crippen LogP contribution in [0.25, 0.3) is 0 Å². The quantitative estimate of drug-likeness (QED) is 0.443. The molecule has 0 aromatic rings. The average Bonchev–Trinajstić information content (AvgIpc) is 2.81. The Hall–Kier alpha value is -1.09. The summed E-state index contributed by atoms with van der Waals surface area (Å²) < 4.78 is 25.2. The van der Waals surface area contributed by atoms with Gasteiger partial charge in [-0.05, 0) is 41.5 Å². The molecule has 1 atom stereocenters. The van der Waals surface area contributed by atoms with E-state index in [1.165, 1.54) is 9.31 Å². The Morgan fingerprint density at radius 2 is 1.82 bits per heavy atom. The van der Waals surface area contributed by atoms with E-state index in [9.17, 15) is 13.6 Å². The normalized spacial score (nSPS) is 22.0. The van der Waals surface area contributed by atoms with Crippen LogP contribution >= 0.6 is 0 Å². The second-order valence-electron chi connectivity index (χ2n) is 7.52. The summed E-state index contributed by atoms with van der Waals surface area (Å²) in [5, 5.41) is 16.7. The molecule has 0 radical (unpaired) electrons. The summed E-state index contributed by atoms with van der Waals surface area (Å²) in [5.41, 5.74) is -0.383. The van der Waals surface area contributed by atoms with E-state index in [4.69, 9.17) is 4.84 Å². The molecular formula is C13H28N4O4S. The van der Waals surface area contributed by atoms with E-state index in [2.05, 4.69) is 5.28 Å². The van der Waals surface area contributed by atoms with E-state index in [1.54, 1.807) is 27.8 Å². The Morgan fingerprint density at radius 1 is 1.27 bits per heavy atom. The van der Waals surface area contributed by atoms with E-state index < -0.39 is 20.9 Å². The van der Waals surface area contributed by atoms with Gasteiger partial charge in [-0.1, -0.05) is 0 Å². The van der Waals surface area contributed by atoms with Crippen molar-refractivity contribution in [3.63, 3.8) is 0 Å². The van der Waals surface area contributed by atoms with Crippen LogP contribution in [0.2, 0.25) is 0 Å². The summed E-state index contributed by atoms with van der Waals surface area (Å²) in [4.78, 5) is 5.60. The molecule has 8 nitrogen and oxygen atoms in total. The van der Waals surface area contributed by atoms with Crippen molar-refractivity contribution in [1.29, 1.82) is 0 Å². The number of rotatable bonds is 4. The average molecular weight is 336 g/mol. The second-order valence-corrected chi connectivity index (χ2v) is 10.2. The molecule has 9 heteroatoms. The zero-order chi connectivity index (χ0) is 17.3. The lowest BCUT2D eigenvalue weighted by atomic mass is 10.1. The van der Waals surface area contributed by atoms with Crippen LogP contribution < -0.4 is 0 Å². The summed E-state index contributed by atoms with van der Waals surface area (Å²) in [6.45, 7) is 11.2. The summed E-state index contributed by atoms with van der Waals surface area (Å²) in [6.07, 6.45) is 0.119. The standard InChI is InChI=1S/C13H28N4O4S/c1-12(2,3)15(7)17(18)14-21-11-8-9-16(10-11)22(19,20)13(4,5)6/h11H,8-10H2,1-7H3/b17-14+/t11-/m1/s1. The minimum Gasteiger partial charge on any atom is -0.569 e. The molecule has 0 N–H and O–H groups in total. The molecule has 22 heavy (non-hydrogen) atoms. The monoisotopic (exact) mass is 336 g/mol. The van der Waals surface area contributed by atoms with Crippen LogP contribution in [0.1, 0.15) is 48.0 Å². The molecular weight excluding hydrogens is 308 g/mol. The lowest BCUT2D eigenvalue weighted by Crippen LogP contribution is -2.43. The van der Waals surface area contributed by atoms with Gasteiger partial charge >= 0.3 is 0 Å². The summed E-state index contributed by atoms with van der Waals surface area (Å²) in [5.74, 6) is 0. The number of nitrogens with zero attached hydrogens (tertiary/aromatic N) is 4. The third-order valence-electron chi connectivity index (χ3n) is 3.72. The lowest BCUT2D eigenvalue weighted by molar-refractivity contribution is -0.720. The molecule has 0 amide bonds. The van der Waals surface area contributed by atoms with Crippen molar-refractivity contribution in [2.24, 2.45) is 5.28 Å². The van der Waals surface area contributed by atoms with E-state index in [-0.39, 0.29) is 12.1 Å². The highest BCUT2D eigenvalue weighted by Crippen LogP contribution is 2.25. The van der Waals surface area contributed by atoms with Crippen molar-refractivity contribution >= 4 is 10.0 Å². The van der Waals surface area contributed by atoms with E-state index in [1.807, 2.05) is 20.8 Å². The minimum atomic E-state index is -3.38. The Balaban J connectivity index is 2.66. The van der Waals surface area contributed by atoms with Crippen LogP contribution in [0, 0.1) is 5.21 Å². The van der Waals surface area contributed by atoms with Crippen molar-refractivity contribution in [3.05, 3.63) is 5.21 Å². The largest absolute Gasteiger partial charge is 0.569 e. The smallest absolute Gasteiger partial charge is 0.233 e. The zero-order valence-corrected chi connectivity index (χ0v) is 15.3. The molecule has 0 aliphatic carbocycles. The van der Waals surface area contributed by atoms with E-state index in [0.717, 1.165) is 0 Å². The van der Waals surface area contributed by atoms with Crippen LogP contribution in [-0.2, 0) is 14.9 Å². The van der Waals surface area contributed by atoms with Gasteiger partial charge in [-0.25, -0.2) is 8.42 Å². The Kier molecular flexibility index (Phi) is 5.34. The van der Waals surface area contributed by atoms with Crippen LogP contribution in [-0.4, -0.2) is 59.2 Å². The predicted octanol–water partition coefficient (Wildman–Crippen LogP) is 1.73. The molecule has 0 aromatic heterocycles. The third-order valence-corrected chi connectivity index (χ3v) is 6.27. The Bertz CT molecular complexity index is 519. The topological polar surface area (TPSA) is 88.3 Å². The Morgan fingerprint density at radius 3 is 2.27 bits per heavy atom. The number of hydrogen-bond donors (Lipinski definition) is 0. The maximum atomic E-state index is 12.3. The van der Waals surface area contributed by atoms with Gasteiger partial charge in [-0.15, -0.1) is 5.01 Å². The molecule has 1 aliphatic rings.